The number of rotatable bonds is 1. The van der Waals surface area contributed by atoms with Gasteiger partial charge in [0.2, 0.25) is 0 Å². The summed E-state index contributed by atoms with van der Waals surface area (Å²) in [5.74, 6) is 0. The van der Waals surface area contributed by atoms with Gasteiger partial charge in [-0.15, -0.1) is 0 Å². The van der Waals surface area contributed by atoms with Crippen molar-refractivity contribution in [1.29, 1.82) is 0 Å². The van der Waals surface area contributed by atoms with Gasteiger partial charge in [-0.3, -0.25) is 0 Å². The maximum absolute atomic E-state index is 9.23. The number of hydrogen-bond donors (Lipinski definition) is 2. The van der Waals surface area contributed by atoms with Crippen molar-refractivity contribution in [3.63, 3.8) is 0 Å². The van der Waals surface area contributed by atoms with Crippen molar-refractivity contribution < 1.29 is 9.84 Å². The molecule has 1 aliphatic rings. The van der Waals surface area contributed by atoms with Crippen LogP contribution >= 0.6 is 0 Å². The average Bonchev–Trinajstić information content (AvgIpc) is 1.89. The van der Waals surface area contributed by atoms with E-state index in [1.807, 2.05) is 7.05 Å². The van der Waals surface area contributed by atoms with E-state index < -0.39 is 0 Å². The van der Waals surface area contributed by atoms with Gasteiger partial charge in [-0.05, 0) is 13.5 Å². The van der Waals surface area contributed by atoms with Gasteiger partial charge in [0.05, 0.1) is 18.8 Å². The summed E-state index contributed by atoms with van der Waals surface area (Å²) in [5.41, 5.74) is 0. The average molecular weight is 131 g/mol. The molecule has 1 saturated heterocycles. The van der Waals surface area contributed by atoms with Crippen LogP contribution in [0.2, 0.25) is 0 Å². The van der Waals surface area contributed by atoms with Crippen molar-refractivity contribution in [3.05, 3.63) is 0 Å². The Morgan fingerprint density at radius 3 is 2.89 bits per heavy atom. The first kappa shape index (κ1) is 6.99. The monoisotopic (exact) mass is 131 g/mol. The molecule has 1 fully saturated rings. The first-order valence-corrected chi connectivity index (χ1v) is 3.27. The molecular formula is C6H13NO2. The zero-order valence-electron chi connectivity index (χ0n) is 5.63. The number of hydrogen-bond acceptors (Lipinski definition) is 3. The number of likely N-dealkylation sites (N-methyl/N-ethyl adjacent to an activating group) is 1. The minimum Gasteiger partial charge on any atom is -0.391 e. The van der Waals surface area contributed by atoms with Crippen LogP contribution in [0.4, 0.5) is 0 Å². The lowest BCUT2D eigenvalue weighted by Gasteiger charge is -2.26. The van der Waals surface area contributed by atoms with E-state index in [-0.39, 0.29) is 12.1 Å². The van der Waals surface area contributed by atoms with Crippen LogP contribution in [-0.2, 0) is 4.74 Å². The van der Waals surface area contributed by atoms with E-state index in [0.717, 1.165) is 6.42 Å². The molecule has 0 bridgehead atoms. The second-order valence-corrected chi connectivity index (χ2v) is 2.33. The Hall–Kier alpha value is -0.120. The van der Waals surface area contributed by atoms with Gasteiger partial charge in [0.15, 0.2) is 0 Å². The SMILES string of the molecule is CN[C@@H]1COCCC1O. The Morgan fingerprint density at radius 2 is 2.44 bits per heavy atom. The Bertz CT molecular complexity index is 87.1. The fraction of sp³-hybridized carbons (Fsp3) is 1.00. The molecule has 0 aromatic heterocycles. The van der Waals surface area contributed by atoms with Crippen LogP contribution in [0.3, 0.4) is 0 Å². The van der Waals surface area contributed by atoms with Gasteiger partial charge in [0.25, 0.3) is 0 Å². The summed E-state index contributed by atoms with van der Waals surface area (Å²) in [4.78, 5) is 0. The molecule has 2 N–H and O–H groups in total. The molecule has 0 aromatic carbocycles. The lowest BCUT2D eigenvalue weighted by atomic mass is 10.1. The van der Waals surface area contributed by atoms with Crippen molar-refractivity contribution in [2.45, 2.75) is 18.6 Å². The van der Waals surface area contributed by atoms with E-state index in [1.165, 1.54) is 0 Å². The summed E-state index contributed by atoms with van der Waals surface area (Å²) in [6.45, 7) is 1.33. The van der Waals surface area contributed by atoms with Gasteiger partial charge in [-0.2, -0.15) is 0 Å². The van der Waals surface area contributed by atoms with E-state index in [1.54, 1.807) is 0 Å². The summed E-state index contributed by atoms with van der Waals surface area (Å²) < 4.78 is 5.12. The number of aliphatic hydroxyl groups excluding tert-OH is 1. The maximum Gasteiger partial charge on any atom is 0.0737 e. The molecule has 1 heterocycles. The minimum atomic E-state index is -0.219. The van der Waals surface area contributed by atoms with Crippen LogP contribution in [-0.4, -0.2) is 37.5 Å². The highest BCUT2D eigenvalue weighted by Gasteiger charge is 2.21. The highest BCUT2D eigenvalue weighted by atomic mass is 16.5. The number of aliphatic hydroxyl groups is 1. The van der Waals surface area contributed by atoms with E-state index in [4.69, 9.17) is 4.74 Å². The van der Waals surface area contributed by atoms with Gasteiger partial charge in [-0.1, -0.05) is 0 Å². The lowest BCUT2D eigenvalue weighted by molar-refractivity contribution is -0.0130. The third-order valence-electron chi connectivity index (χ3n) is 1.69. The molecular weight excluding hydrogens is 118 g/mol. The Morgan fingerprint density at radius 1 is 1.67 bits per heavy atom. The summed E-state index contributed by atoms with van der Waals surface area (Å²) in [6.07, 6.45) is 0.537. The normalized spacial score (nSPS) is 36.7. The van der Waals surface area contributed by atoms with Crippen LogP contribution in [0.15, 0.2) is 0 Å². The van der Waals surface area contributed by atoms with Crippen LogP contribution < -0.4 is 5.32 Å². The smallest absolute Gasteiger partial charge is 0.0737 e. The number of ether oxygens (including phenoxy) is 1. The van der Waals surface area contributed by atoms with Gasteiger partial charge in [-0.25, -0.2) is 0 Å². The minimum absolute atomic E-state index is 0.138. The van der Waals surface area contributed by atoms with E-state index in [2.05, 4.69) is 5.32 Å². The molecule has 0 spiro atoms. The standard InChI is InChI=1S/C6H13NO2/c1-7-5-4-9-3-2-6(5)8/h5-8H,2-4H2,1H3/t5-,6?/m1/s1. The Balaban J connectivity index is 2.30. The molecule has 3 heteroatoms. The molecule has 2 atom stereocenters. The maximum atomic E-state index is 9.23. The molecule has 3 nitrogen and oxygen atoms in total. The third kappa shape index (κ3) is 1.64. The fourth-order valence-corrected chi connectivity index (χ4v) is 1.00. The van der Waals surface area contributed by atoms with Gasteiger partial charge < -0.3 is 15.2 Å². The quantitative estimate of drug-likeness (QED) is 0.497. The molecule has 0 saturated carbocycles. The molecule has 1 rings (SSSR count). The van der Waals surface area contributed by atoms with E-state index in [0.29, 0.717) is 13.2 Å². The van der Waals surface area contributed by atoms with Crippen molar-refractivity contribution in [2.75, 3.05) is 20.3 Å². The summed E-state index contributed by atoms with van der Waals surface area (Å²) in [7, 11) is 1.84. The summed E-state index contributed by atoms with van der Waals surface area (Å²) in [5, 5.41) is 12.2. The van der Waals surface area contributed by atoms with E-state index in [9.17, 15) is 5.11 Å². The van der Waals surface area contributed by atoms with Crippen molar-refractivity contribution in [1.82, 2.24) is 5.32 Å². The van der Waals surface area contributed by atoms with Crippen molar-refractivity contribution >= 4 is 0 Å². The molecule has 0 aliphatic carbocycles. The predicted molar refractivity (Wildman–Crippen MR) is 34.3 cm³/mol. The van der Waals surface area contributed by atoms with E-state index >= 15 is 0 Å². The largest absolute Gasteiger partial charge is 0.391 e. The molecule has 0 amide bonds. The molecule has 1 unspecified atom stereocenters. The topological polar surface area (TPSA) is 41.5 Å². The highest BCUT2D eigenvalue weighted by molar-refractivity contribution is 4.76. The van der Waals surface area contributed by atoms with Gasteiger partial charge >= 0.3 is 0 Å². The Kier molecular flexibility index (Phi) is 2.45. The predicted octanol–water partition coefficient (Wildman–Crippen LogP) is -0.644. The second kappa shape index (κ2) is 3.15. The zero-order valence-corrected chi connectivity index (χ0v) is 5.63. The fourth-order valence-electron chi connectivity index (χ4n) is 1.00. The van der Waals surface area contributed by atoms with Crippen LogP contribution in [0, 0.1) is 0 Å². The Labute approximate surface area is 55.0 Å². The molecule has 54 valence electrons. The molecule has 9 heavy (non-hydrogen) atoms. The van der Waals surface area contributed by atoms with Crippen LogP contribution in [0.25, 0.3) is 0 Å². The first-order chi connectivity index (χ1) is 4.34. The van der Waals surface area contributed by atoms with Gasteiger partial charge in [0, 0.05) is 6.61 Å². The van der Waals surface area contributed by atoms with Crippen LogP contribution in [0.1, 0.15) is 6.42 Å². The highest BCUT2D eigenvalue weighted by Crippen LogP contribution is 2.05. The summed E-state index contributed by atoms with van der Waals surface area (Å²) in [6, 6.07) is 0.138. The third-order valence-corrected chi connectivity index (χ3v) is 1.69. The number of nitrogens with one attached hydrogen (secondary N) is 1. The van der Waals surface area contributed by atoms with Crippen molar-refractivity contribution in [3.8, 4) is 0 Å². The summed E-state index contributed by atoms with van der Waals surface area (Å²) >= 11 is 0. The lowest BCUT2D eigenvalue weighted by Crippen LogP contribution is -2.45. The van der Waals surface area contributed by atoms with Crippen LogP contribution in [0.5, 0.6) is 0 Å². The molecule has 0 radical (unpaired) electrons. The molecule has 1 aliphatic heterocycles. The first-order valence-electron chi connectivity index (χ1n) is 3.27. The van der Waals surface area contributed by atoms with Gasteiger partial charge in [0.1, 0.15) is 0 Å². The second-order valence-electron chi connectivity index (χ2n) is 2.33. The van der Waals surface area contributed by atoms with Crippen molar-refractivity contribution in [2.24, 2.45) is 0 Å². The molecule has 0 aromatic rings. The zero-order chi connectivity index (χ0) is 6.69.